The van der Waals surface area contributed by atoms with E-state index >= 15 is 0 Å². The molecule has 4 heteroatoms. The topological polar surface area (TPSA) is 0 Å². The molecule has 4 aromatic rings. The predicted molar refractivity (Wildman–Crippen MR) is 189 cm³/mol. The molecule has 0 aromatic heterocycles. The van der Waals surface area contributed by atoms with E-state index in [0.29, 0.717) is 11.3 Å². The fraction of sp³-hybridized carbons (Fsp3) is 0.351. The standard InChI is InChI=1S/C37H44Cl2P2/c38-37(39,40(31-19-7-1-8-20-31,32-21-9-2-10-22-32)33-23-11-3-12-24-33)41(34-25-13-4-14-26-34,35-27-15-5-16-28-35)36-29-17-6-18-30-36/h1-2,4-5,7-10,13-16,19-22,25-28,33,36,40-41H,3,6,11-12,17-18,23-24,29-30H2. The Morgan fingerprint density at radius 3 is 0.878 bits per heavy atom. The first kappa shape index (κ1) is 29.4. The van der Waals surface area contributed by atoms with Crippen LogP contribution in [0.3, 0.4) is 0 Å². The van der Waals surface area contributed by atoms with Crippen LogP contribution in [0.15, 0.2) is 121 Å². The molecule has 0 unspecified atom stereocenters. The van der Waals surface area contributed by atoms with Gasteiger partial charge in [0, 0.05) is 0 Å². The Morgan fingerprint density at radius 1 is 0.390 bits per heavy atom. The molecule has 2 saturated carbocycles. The van der Waals surface area contributed by atoms with E-state index in [1.54, 1.807) is 0 Å². The molecule has 0 aliphatic heterocycles. The molecular formula is C37H44Cl2P2. The molecule has 6 rings (SSSR count). The molecule has 4 aromatic carbocycles. The summed E-state index contributed by atoms with van der Waals surface area (Å²) in [6.45, 7) is 0. The van der Waals surface area contributed by atoms with Crippen molar-refractivity contribution < 1.29 is 0 Å². The molecule has 0 N–H and O–H groups in total. The van der Waals surface area contributed by atoms with Gasteiger partial charge < -0.3 is 0 Å². The van der Waals surface area contributed by atoms with Crippen molar-refractivity contribution in [3.8, 4) is 0 Å². The summed E-state index contributed by atoms with van der Waals surface area (Å²) in [4.78, 5) is 0. The van der Waals surface area contributed by atoms with E-state index in [1.165, 1.54) is 85.4 Å². The zero-order chi connectivity index (χ0) is 28.2. The number of hydrogen-bond donors (Lipinski definition) is 0. The number of rotatable bonds is 8. The third kappa shape index (κ3) is 5.02. The SMILES string of the molecule is ClC(Cl)([PH](c1ccccc1)(c1ccccc1)C1CCCCC1)[PH](c1ccccc1)(c1ccccc1)C1CCCCC1. The van der Waals surface area contributed by atoms with Crippen LogP contribution in [0.25, 0.3) is 0 Å². The van der Waals surface area contributed by atoms with Crippen LogP contribution in [0.1, 0.15) is 64.2 Å². The van der Waals surface area contributed by atoms with Crippen molar-refractivity contribution in [2.75, 3.05) is 0 Å². The van der Waals surface area contributed by atoms with Crippen LogP contribution in [-0.2, 0) is 0 Å². The van der Waals surface area contributed by atoms with Crippen molar-refractivity contribution in [2.24, 2.45) is 0 Å². The molecule has 0 radical (unpaired) electrons. The van der Waals surface area contributed by atoms with E-state index in [9.17, 15) is 0 Å². The van der Waals surface area contributed by atoms with Gasteiger partial charge in [-0.1, -0.05) is 0 Å². The van der Waals surface area contributed by atoms with E-state index < -0.39 is 18.3 Å². The molecule has 0 bridgehead atoms. The molecule has 216 valence electrons. The third-order valence-electron chi connectivity index (χ3n) is 10.3. The van der Waals surface area contributed by atoms with E-state index in [4.69, 9.17) is 23.2 Å². The quantitative estimate of drug-likeness (QED) is 0.136. The summed E-state index contributed by atoms with van der Waals surface area (Å²) in [5.41, 5.74) is 0.970. The van der Waals surface area contributed by atoms with Crippen LogP contribution < -0.4 is 21.2 Å². The average molecular weight is 622 g/mol. The molecule has 2 aliphatic carbocycles. The number of benzene rings is 4. The van der Waals surface area contributed by atoms with Crippen LogP contribution in [0, 0.1) is 0 Å². The molecule has 0 heterocycles. The van der Waals surface area contributed by atoms with Crippen molar-refractivity contribution >= 4 is 58.9 Å². The van der Waals surface area contributed by atoms with Gasteiger partial charge in [-0.2, -0.15) is 0 Å². The van der Waals surface area contributed by atoms with Crippen molar-refractivity contribution in [3.05, 3.63) is 121 Å². The fourth-order valence-electron chi connectivity index (χ4n) is 8.70. The number of hydrogen-bond acceptors (Lipinski definition) is 0. The van der Waals surface area contributed by atoms with Gasteiger partial charge in [-0.15, -0.1) is 0 Å². The van der Waals surface area contributed by atoms with Crippen molar-refractivity contribution in [1.29, 1.82) is 0 Å². The maximum absolute atomic E-state index is 8.68. The first-order chi connectivity index (χ1) is 20.1. The Kier molecular flexibility index (Phi) is 9.25. The maximum atomic E-state index is 8.68. The molecule has 0 amide bonds. The van der Waals surface area contributed by atoms with E-state index in [2.05, 4.69) is 121 Å². The molecule has 2 aliphatic rings. The van der Waals surface area contributed by atoms with Crippen molar-refractivity contribution in [2.45, 2.75) is 79.3 Å². The van der Waals surface area contributed by atoms with Gasteiger partial charge in [0.25, 0.3) is 0 Å². The summed E-state index contributed by atoms with van der Waals surface area (Å²) in [5, 5.41) is 5.62. The van der Waals surface area contributed by atoms with Gasteiger partial charge in [0.2, 0.25) is 0 Å². The number of halogens is 2. The van der Waals surface area contributed by atoms with E-state index in [1.807, 2.05) is 0 Å². The van der Waals surface area contributed by atoms with E-state index in [-0.39, 0.29) is 0 Å². The van der Waals surface area contributed by atoms with Gasteiger partial charge in [0.1, 0.15) is 0 Å². The summed E-state index contributed by atoms with van der Waals surface area (Å²) in [6.07, 6.45) is 12.5. The fourth-order valence-corrected chi connectivity index (χ4v) is 29.1. The Labute approximate surface area is 258 Å². The van der Waals surface area contributed by atoms with Crippen LogP contribution in [0.2, 0.25) is 0 Å². The molecule has 0 saturated heterocycles. The Balaban J connectivity index is 1.76. The first-order valence-corrected chi connectivity index (χ1v) is 20.6. The Bertz CT molecular complexity index is 1180. The second-order valence-electron chi connectivity index (χ2n) is 12.3. The summed E-state index contributed by atoms with van der Waals surface area (Å²) >= 11 is 17.4. The summed E-state index contributed by atoms with van der Waals surface area (Å²) in [6, 6.07) is 45.4. The van der Waals surface area contributed by atoms with Crippen LogP contribution >= 0.6 is 37.7 Å². The third-order valence-corrected chi connectivity index (χ3v) is 26.8. The minimum absolute atomic E-state index is 0.485. The summed E-state index contributed by atoms with van der Waals surface area (Å²) in [7, 11) is -5.73. The second-order valence-corrected chi connectivity index (χ2v) is 24.1. The van der Waals surface area contributed by atoms with Gasteiger partial charge in [-0.05, 0) is 0 Å². The minimum atomic E-state index is -2.87. The molecule has 0 atom stereocenters. The zero-order valence-corrected chi connectivity index (χ0v) is 27.5. The average Bonchev–Trinajstić information content (AvgIpc) is 3.05. The summed E-state index contributed by atoms with van der Waals surface area (Å²) in [5.74, 6) is 0. The van der Waals surface area contributed by atoms with Gasteiger partial charge in [-0.25, -0.2) is 0 Å². The molecular weight excluding hydrogens is 577 g/mol. The summed E-state index contributed by atoms with van der Waals surface area (Å²) < 4.78 is -0.921. The normalized spacial score (nSPS) is 18.6. The molecule has 2 fully saturated rings. The van der Waals surface area contributed by atoms with Gasteiger partial charge >= 0.3 is 260 Å². The van der Waals surface area contributed by atoms with Crippen LogP contribution in [0.5, 0.6) is 0 Å². The Morgan fingerprint density at radius 2 is 0.634 bits per heavy atom. The molecule has 0 nitrogen and oxygen atoms in total. The Hall–Kier alpha value is -1.68. The first-order valence-electron chi connectivity index (χ1n) is 15.7. The predicted octanol–water partition coefficient (Wildman–Crippen LogP) is 9.54. The van der Waals surface area contributed by atoms with Gasteiger partial charge in [0.15, 0.2) is 0 Å². The monoisotopic (exact) mass is 620 g/mol. The zero-order valence-electron chi connectivity index (χ0n) is 24.0. The second kappa shape index (κ2) is 12.9. The van der Waals surface area contributed by atoms with Gasteiger partial charge in [0.05, 0.1) is 0 Å². The van der Waals surface area contributed by atoms with Crippen LogP contribution in [-0.4, -0.2) is 15.1 Å². The van der Waals surface area contributed by atoms with E-state index in [0.717, 1.165) is 0 Å². The number of alkyl halides is 2. The van der Waals surface area contributed by atoms with Crippen LogP contribution in [0.4, 0.5) is 0 Å². The van der Waals surface area contributed by atoms with Gasteiger partial charge in [-0.3, -0.25) is 0 Å². The van der Waals surface area contributed by atoms with Crippen molar-refractivity contribution in [3.63, 3.8) is 0 Å². The molecule has 41 heavy (non-hydrogen) atoms. The van der Waals surface area contributed by atoms with Crippen molar-refractivity contribution in [1.82, 2.24) is 0 Å². The molecule has 0 spiro atoms.